The van der Waals surface area contributed by atoms with Gasteiger partial charge in [-0.15, -0.1) is 0 Å². The summed E-state index contributed by atoms with van der Waals surface area (Å²) in [5.41, 5.74) is 4.11. The Morgan fingerprint density at radius 1 is 1.20 bits per heavy atom. The van der Waals surface area contributed by atoms with Gasteiger partial charge in [-0.3, -0.25) is 0 Å². The van der Waals surface area contributed by atoms with Crippen LogP contribution in [-0.4, -0.2) is 11.2 Å². The number of fused-ring (bicyclic) bond motifs is 1. The molecule has 0 saturated heterocycles. The van der Waals surface area contributed by atoms with Crippen molar-refractivity contribution in [3.05, 3.63) is 70.8 Å². The van der Waals surface area contributed by atoms with E-state index in [9.17, 15) is 5.11 Å². The summed E-state index contributed by atoms with van der Waals surface area (Å²) >= 11 is 0. The number of nitriles is 1. The monoisotopic (exact) mass is 264 g/mol. The van der Waals surface area contributed by atoms with E-state index in [1.54, 1.807) is 6.07 Å². The predicted octanol–water partition coefficient (Wildman–Crippen LogP) is 2.31. The van der Waals surface area contributed by atoms with Crippen LogP contribution < -0.4 is 5.32 Å². The van der Waals surface area contributed by atoms with Crippen LogP contribution in [0.4, 0.5) is 0 Å². The average molecular weight is 264 g/mol. The Morgan fingerprint density at radius 2 is 2.05 bits per heavy atom. The minimum absolute atomic E-state index is 0.0306. The fourth-order valence-corrected chi connectivity index (χ4v) is 2.80. The van der Waals surface area contributed by atoms with E-state index in [0.29, 0.717) is 18.5 Å². The second-order valence-corrected chi connectivity index (χ2v) is 5.14. The molecule has 0 bridgehead atoms. The third-order valence-electron chi connectivity index (χ3n) is 3.79. The summed E-state index contributed by atoms with van der Waals surface area (Å²) in [6.45, 7) is 0.644. The summed E-state index contributed by atoms with van der Waals surface area (Å²) in [6.07, 6.45) is 0.318. The lowest BCUT2D eigenvalue weighted by Crippen LogP contribution is -2.28. The van der Waals surface area contributed by atoms with Crippen molar-refractivity contribution in [2.45, 2.75) is 25.1 Å². The van der Waals surface area contributed by atoms with E-state index in [2.05, 4.69) is 23.5 Å². The number of nitrogens with one attached hydrogen (secondary N) is 1. The van der Waals surface area contributed by atoms with Gasteiger partial charge in [-0.2, -0.15) is 5.26 Å². The summed E-state index contributed by atoms with van der Waals surface area (Å²) in [5.74, 6) is 0. The van der Waals surface area contributed by atoms with Gasteiger partial charge in [0.2, 0.25) is 0 Å². The molecule has 2 N–H and O–H groups in total. The Kier molecular flexibility index (Phi) is 3.51. The zero-order valence-electron chi connectivity index (χ0n) is 11.1. The highest BCUT2D eigenvalue weighted by molar-refractivity contribution is 5.37. The van der Waals surface area contributed by atoms with Crippen LogP contribution in [0.25, 0.3) is 0 Å². The first kappa shape index (κ1) is 12.9. The molecule has 0 radical (unpaired) electrons. The van der Waals surface area contributed by atoms with Crippen LogP contribution in [0.5, 0.6) is 0 Å². The lowest BCUT2D eigenvalue weighted by atomic mass is 10.1. The van der Waals surface area contributed by atoms with Gasteiger partial charge in [0.25, 0.3) is 0 Å². The molecule has 100 valence electrons. The molecule has 0 saturated carbocycles. The smallest absolute Gasteiger partial charge is 0.0991 e. The van der Waals surface area contributed by atoms with Crippen molar-refractivity contribution >= 4 is 0 Å². The number of hydrogen-bond donors (Lipinski definition) is 2. The Labute approximate surface area is 118 Å². The van der Waals surface area contributed by atoms with Crippen LogP contribution in [0.15, 0.2) is 48.5 Å². The van der Waals surface area contributed by atoms with Gasteiger partial charge in [0.1, 0.15) is 0 Å². The molecule has 0 aromatic heterocycles. The van der Waals surface area contributed by atoms with Crippen LogP contribution in [0, 0.1) is 11.3 Å². The topological polar surface area (TPSA) is 56.0 Å². The molecule has 1 aliphatic rings. The van der Waals surface area contributed by atoms with E-state index in [-0.39, 0.29) is 12.1 Å². The molecule has 3 heteroatoms. The fourth-order valence-electron chi connectivity index (χ4n) is 2.80. The Hall–Kier alpha value is -2.15. The van der Waals surface area contributed by atoms with Gasteiger partial charge in [0, 0.05) is 13.0 Å². The first-order valence-electron chi connectivity index (χ1n) is 6.76. The molecule has 0 heterocycles. The second-order valence-electron chi connectivity index (χ2n) is 5.14. The third kappa shape index (κ3) is 2.44. The number of hydrogen-bond acceptors (Lipinski definition) is 3. The minimum Gasteiger partial charge on any atom is -0.391 e. The molecule has 0 fully saturated rings. The van der Waals surface area contributed by atoms with Crippen molar-refractivity contribution in [3.8, 4) is 6.07 Å². The molecule has 0 aliphatic heterocycles. The van der Waals surface area contributed by atoms with Crippen LogP contribution in [0.2, 0.25) is 0 Å². The number of benzene rings is 2. The Bertz CT molecular complexity index is 660. The van der Waals surface area contributed by atoms with E-state index in [0.717, 1.165) is 5.56 Å². The Balaban J connectivity index is 1.74. The zero-order valence-corrected chi connectivity index (χ0v) is 11.1. The van der Waals surface area contributed by atoms with Crippen molar-refractivity contribution in [2.24, 2.45) is 0 Å². The van der Waals surface area contributed by atoms with Gasteiger partial charge in [-0.1, -0.05) is 36.4 Å². The maximum Gasteiger partial charge on any atom is 0.0991 e. The molecule has 3 rings (SSSR count). The lowest BCUT2D eigenvalue weighted by Gasteiger charge is -2.18. The first-order chi connectivity index (χ1) is 9.78. The summed E-state index contributed by atoms with van der Waals surface area (Å²) in [7, 11) is 0. The molecule has 3 nitrogen and oxygen atoms in total. The maximum absolute atomic E-state index is 10.2. The molecule has 2 aromatic carbocycles. The van der Waals surface area contributed by atoms with E-state index in [4.69, 9.17) is 5.26 Å². The highest BCUT2D eigenvalue weighted by Crippen LogP contribution is 2.31. The van der Waals surface area contributed by atoms with Crippen molar-refractivity contribution in [2.75, 3.05) is 0 Å². The normalized spacial score (nSPS) is 20.4. The number of aliphatic hydroxyl groups is 1. The van der Waals surface area contributed by atoms with E-state index in [1.807, 2.05) is 30.3 Å². The van der Waals surface area contributed by atoms with Crippen LogP contribution in [0.1, 0.15) is 28.3 Å². The summed E-state index contributed by atoms with van der Waals surface area (Å²) < 4.78 is 0. The zero-order chi connectivity index (χ0) is 13.9. The van der Waals surface area contributed by atoms with Gasteiger partial charge < -0.3 is 10.4 Å². The molecular weight excluding hydrogens is 248 g/mol. The second kappa shape index (κ2) is 5.46. The SMILES string of the molecule is N#Cc1cccc(CN[C@@H]2c3ccccc3C[C@@H]2O)c1. The van der Waals surface area contributed by atoms with Crippen molar-refractivity contribution in [1.82, 2.24) is 5.32 Å². The highest BCUT2D eigenvalue weighted by Gasteiger charge is 2.29. The molecule has 0 amide bonds. The van der Waals surface area contributed by atoms with Crippen molar-refractivity contribution in [3.63, 3.8) is 0 Å². The predicted molar refractivity (Wildman–Crippen MR) is 76.9 cm³/mol. The van der Waals surface area contributed by atoms with Crippen LogP contribution >= 0.6 is 0 Å². The van der Waals surface area contributed by atoms with Gasteiger partial charge in [0.05, 0.1) is 23.8 Å². The number of rotatable bonds is 3. The maximum atomic E-state index is 10.2. The average Bonchev–Trinajstić information content (AvgIpc) is 2.81. The largest absolute Gasteiger partial charge is 0.391 e. The van der Waals surface area contributed by atoms with Crippen molar-refractivity contribution in [1.29, 1.82) is 5.26 Å². The van der Waals surface area contributed by atoms with E-state index < -0.39 is 0 Å². The molecule has 1 aliphatic carbocycles. The lowest BCUT2D eigenvalue weighted by molar-refractivity contribution is 0.140. The molecule has 2 aromatic rings. The molecular formula is C17H16N2O. The van der Waals surface area contributed by atoms with E-state index >= 15 is 0 Å². The van der Waals surface area contributed by atoms with Crippen LogP contribution in [0.3, 0.4) is 0 Å². The quantitative estimate of drug-likeness (QED) is 0.894. The van der Waals surface area contributed by atoms with Gasteiger partial charge in [-0.05, 0) is 28.8 Å². The fraction of sp³-hybridized carbons (Fsp3) is 0.235. The summed E-state index contributed by atoms with van der Waals surface area (Å²) in [5, 5.41) is 22.5. The number of nitrogens with zero attached hydrogens (tertiary/aromatic N) is 1. The molecule has 0 spiro atoms. The summed E-state index contributed by atoms with van der Waals surface area (Å²) in [6, 6.07) is 17.8. The standard InChI is InChI=1S/C17H16N2O/c18-10-12-4-3-5-13(8-12)11-19-17-15-7-2-1-6-14(15)9-16(17)20/h1-8,16-17,19-20H,9,11H2/t16-,17+/m0/s1. The van der Waals surface area contributed by atoms with Gasteiger partial charge in [0.15, 0.2) is 0 Å². The van der Waals surface area contributed by atoms with Gasteiger partial charge in [-0.25, -0.2) is 0 Å². The first-order valence-corrected chi connectivity index (χ1v) is 6.76. The van der Waals surface area contributed by atoms with Crippen LogP contribution in [-0.2, 0) is 13.0 Å². The Morgan fingerprint density at radius 3 is 2.90 bits per heavy atom. The van der Waals surface area contributed by atoms with Crippen molar-refractivity contribution < 1.29 is 5.11 Å². The molecule has 0 unspecified atom stereocenters. The molecule has 2 atom stereocenters. The minimum atomic E-state index is -0.383. The van der Waals surface area contributed by atoms with E-state index in [1.165, 1.54) is 11.1 Å². The highest BCUT2D eigenvalue weighted by atomic mass is 16.3. The number of aliphatic hydroxyl groups excluding tert-OH is 1. The molecule has 20 heavy (non-hydrogen) atoms. The summed E-state index contributed by atoms with van der Waals surface area (Å²) in [4.78, 5) is 0. The van der Waals surface area contributed by atoms with Gasteiger partial charge >= 0.3 is 0 Å². The third-order valence-corrected chi connectivity index (χ3v) is 3.79.